The summed E-state index contributed by atoms with van der Waals surface area (Å²) in [4.78, 5) is 0. The molecule has 4 heteroatoms. The van der Waals surface area contributed by atoms with Gasteiger partial charge in [-0.15, -0.1) is 0 Å². The van der Waals surface area contributed by atoms with Crippen LogP contribution < -0.4 is 10.5 Å². The Kier molecular flexibility index (Phi) is 4.31. The van der Waals surface area contributed by atoms with Crippen molar-refractivity contribution in [2.75, 3.05) is 0 Å². The van der Waals surface area contributed by atoms with Crippen LogP contribution in [0.5, 0.6) is 11.5 Å². The highest BCUT2D eigenvalue weighted by Crippen LogP contribution is 2.33. The van der Waals surface area contributed by atoms with Crippen molar-refractivity contribution >= 4 is 11.6 Å². The van der Waals surface area contributed by atoms with Crippen LogP contribution in [0.25, 0.3) is 0 Å². The highest BCUT2D eigenvalue weighted by atomic mass is 35.5. The van der Waals surface area contributed by atoms with Crippen LogP contribution in [-0.2, 0) is 0 Å². The van der Waals surface area contributed by atoms with Crippen molar-refractivity contribution in [1.29, 1.82) is 0 Å². The topological polar surface area (TPSA) is 35.2 Å². The van der Waals surface area contributed by atoms with E-state index >= 15 is 0 Å². The van der Waals surface area contributed by atoms with E-state index in [9.17, 15) is 4.39 Å². The second kappa shape index (κ2) is 5.81. The summed E-state index contributed by atoms with van der Waals surface area (Å²) in [6.07, 6.45) is 0. The fourth-order valence-corrected chi connectivity index (χ4v) is 2.25. The molecule has 2 aromatic rings. The monoisotopic (exact) mass is 293 g/mol. The van der Waals surface area contributed by atoms with Crippen LogP contribution >= 0.6 is 11.6 Å². The number of hydrogen-bond acceptors (Lipinski definition) is 2. The zero-order valence-corrected chi connectivity index (χ0v) is 12.5. The van der Waals surface area contributed by atoms with E-state index < -0.39 is 6.04 Å². The molecule has 20 heavy (non-hydrogen) atoms. The molecule has 0 spiro atoms. The first-order valence-corrected chi connectivity index (χ1v) is 6.76. The average Bonchev–Trinajstić information content (AvgIpc) is 2.35. The maximum atomic E-state index is 13.8. The lowest BCUT2D eigenvalue weighted by Crippen LogP contribution is -2.09. The predicted octanol–water partition coefficient (Wildman–Crippen LogP) is 4.91. The van der Waals surface area contributed by atoms with Crippen molar-refractivity contribution in [3.8, 4) is 11.5 Å². The van der Waals surface area contributed by atoms with Gasteiger partial charge in [-0.1, -0.05) is 17.7 Å². The summed E-state index contributed by atoms with van der Waals surface area (Å²) in [5.74, 6) is 0.693. The van der Waals surface area contributed by atoms with Gasteiger partial charge in [0.05, 0.1) is 0 Å². The summed E-state index contributed by atoms with van der Waals surface area (Å²) in [7, 11) is 0. The van der Waals surface area contributed by atoms with Gasteiger partial charge in [-0.05, 0) is 56.2 Å². The SMILES string of the molecule is Cc1cc(Oc2cccc(F)c2C(C)N)cc(C)c1Cl. The quantitative estimate of drug-likeness (QED) is 0.873. The second-order valence-electron chi connectivity index (χ2n) is 4.91. The molecule has 0 saturated carbocycles. The van der Waals surface area contributed by atoms with Gasteiger partial charge in [0.1, 0.15) is 17.3 Å². The van der Waals surface area contributed by atoms with Gasteiger partial charge in [0, 0.05) is 16.6 Å². The smallest absolute Gasteiger partial charge is 0.135 e. The Balaban J connectivity index is 2.43. The van der Waals surface area contributed by atoms with Gasteiger partial charge in [-0.3, -0.25) is 0 Å². The number of ether oxygens (including phenoxy) is 1. The third kappa shape index (κ3) is 2.94. The highest BCUT2D eigenvalue weighted by molar-refractivity contribution is 6.32. The summed E-state index contributed by atoms with van der Waals surface area (Å²) in [6.45, 7) is 5.53. The van der Waals surface area contributed by atoms with Gasteiger partial charge < -0.3 is 10.5 Å². The first-order chi connectivity index (χ1) is 9.40. The zero-order chi connectivity index (χ0) is 14.9. The molecule has 0 fully saturated rings. The minimum Gasteiger partial charge on any atom is -0.457 e. The summed E-state index contributed by atoms with van der Waals surface area (Å²) in [6, 6.07) is 7.90. The Hall–Kier alpha value is -1.58. The number of aryl methyl sites for hydroxylation is 2. The minimum absolute atomic E-state index is 0.361. The van der Waals surface area contributed by atoms with Crippen molar-refractivity contribution in [3.63, 3.8) is 0 Å². The molecule has 0 aliphatic heterocycles. The summed E-state index contributed by atoms with van der Waals surface area (Å²) in [5, 5.41) is 0.712. The molecular formula is C16H17ClFNO. The molecular weight excluding hydrogens is 277 g/mol. The Labute approximate surface area is 123 Å². The Morgan fingerprint density at radius 1 is 1.20 bits per heavy atom. The molecule has 0 aliphatic rings. The van der Waals surface area contributed by atoms with Crippen LogP contribution in [0.15, 0.2) is 30.3 Å². The molecule has 0 aromatic heterocycles. The molecule has 2 rings (SSSR count). The Bertz CT molecular complexity index is 617. The maximum Gasteiger partial charge on any atom is 0.135 e. The Morgan fingerprint density at radius 2 is 1.80 bits per heavy atom. The highest BCUT2D eigenvalue weighted by Gasteiger charge is 2.15. The molecule has 2 N–H and O–H groups in total. The summed E-state index contributed by atoms with van der Waals surface area (Å²) >= 11 is 6.12. The third-order valence-corrected chi connectivity index (χ3v) is 3.70. The molecule has 0 aliphatic carbocycles. The molecule has 0 amide bonds. The molecule has 0 heterocycles. The minimum atomic E-state index is -0.444. The normalized spacial score (nSPS) is 12.3. The fourth-order valence-electron chi connectivity index (χ4n) is 2.14. The molecule has 2 aromatic carbocycles. The van der Waals surface area contributed by atoms with Crippen LogP contribution in [-0.4, -0.2) is 0 Å². The standard InChI is InChI=1S/C16H17ClFNO/c1-9-7-12(8-10(2)16(9)17)20-14-6-4-5-13(18)15(14)11(3)19/h4-8,11H,19H2,1-3H3. The number of nitrogens with two attached hydrogens (primary N) is 1. The van der Waals surface area contributed by atoms with Gasteiger partial charge in [-0.2, -0.15) is 0 Å². The van der Waals surface area contributed by atoms with Crippen LogP contribution in [0.4, 0.5) is 4.39 Å². The van der Waals surface area contributed by atoms with E-state index in [0.717, 1.165) is 11.1 Å². The molecule has 0 bridgehead atoms. The largest absolute Gasteiger partial charge is 0.457 e. The molecule has 0 saturated heterocycles. The first-order valence-electron chi connectivity index (χ1n) is 6.38. The number of benzene rings is 2. The van der Waals surface area contributed by atoms with Crippen molar-refractivity contribution in [1.82, 2.24) is 0 Å². The second-order valence-corrected chi connectivity index (χ2v) is 5.29. The van der Waals surface area contributed by atoms with Crippen molar-refractivity contribution < 1.29 is 9.13 Å². The van der Waals surface area contributed by atoms with Gasteiger partial charge in [0.15, 0.2) is 0 Å². The number of halogens is 2. The zero-order valence-electron chi connectivity index (χ0n) is 11.7. The lowest BCUT2D eigenvalue weighted by Gasteiger charge is -2.15. The number of rotatable bonds is 3. The molecule has 1 unspecified atom stereocenters. The van der Waals surface area contributed by atoms with E-state index in [-0.39, 0.29) is 5.82 Å². The van der Waals surface area contributed by atoms with E-state index in [0.29, 0.717) is 22.1 Å². The van der Waals surface area contributed by atoms with E-state index in [1.165, 1.54) is 6.07 Å². The number of hydrogen-bond donors (Lipinski definition) is 1. The van der Waals surface area contributed by atoms with Crippen LogP contribution in [0, 0.1) is 19.7 Å². The Morgan fingerprint density at radius 3 is 2.35 bits per heavy atom. The lowest BCUT2D eigenvalue weighted by atomic mass is 10.1. The van der Waals surface area contributed by atoms with Gasteiger partial charge in [-0.25, -0.2) is 4.39 Å². The van der Waals surface area contributed by atoms with Crippen molar-refractivity contribution in [2.45, 2.75) is 26.8 Å². The van der Waals surface area contributed by atoms with Crippen LogP contribution in [0.1, 0.15) is 29.7 Å². The van der Waals surface area contributed by atoms with Crippen LogP contribution in [0.3, 0.4) is 0 Å². The first kappa shape index (κ1) is 14.8. The fraction of sp³-hybridized carbons (Fsp3) is 0.250. The maximum absolute atomic E-state index is 13.8. The van der Waals surface area contributed by atoms with Gasteiger partial charge in [0.2, 0.25) is 0 Å². The van der Waals surface area contributed by atoms with Gasteiger partial charge in [0.25, 0.3) is 0 Å². The predicted molar refractivity (Wildman–Crippen MR) is 80.0 cm³/mol. The van der Waals surface area contributed by atoms with Crippen LogP contribution in [0.2, 0.25) is 5.02 Å². The molecule has 0 radical (unpaired) electrons. The van der Waals surface area contributed by atoms with E-state index in [1.807, 2.05) is 26.0 Å². The average molecular weight is 294 g/mol. The molecule has 106 valence electrons. The summed E-state index contributed by atoms with van der Waals surface area (Å²) in [5.41, 5.74) is 8.02. The lowest BCUT2D eigenvalue weighted by molar-refractivity contribution is 0.460. The van der Waals surface area contributed by atoms with Crippen molar-refractivity contribution in [3.05, 3.63) is 57.9 Å². The van der Waals surface area contributed by atoms with Crippen molar-refractivity contribution in [2.24, 2.45) is 5.73 Å². The third-order valence-electron chi connectivity index (χ3n) is 3.11. The van der Waals surface area contributed by atoms with E-state index in [2.05, 4.69) is 0 Å². The van der Waals surface area contributed by atoms with Gasteiger partial charge >= 0.3 is 0 Å². The summed E-state index contributed by atoms with van der Waals surface area (Å²) < 4.78 is 19.6. The van der Waals surface area contributed by atoms with E-state index in [4.69, 9.17) is 22.1 Å². The molecule has 1 atom stereocenters. The molecule has 2 nitrogen and oxygen atoms in total. The van der Waals surface area contributed by atoms with E-state index in [1.54, 1.807) is 19.1 Å².